The first-order valence-electron chi connectivity index (χ1n) is 5.11. The molecule has 0 atom stereocenters. The molecule has 0 saturated carbocycles. The molecule has 0 unspecified atom stereocenters. The van der Waals surface area contributed by atoms with Crippen molar-refractivity contribution in [2.24, 2.45) is 0 Å². The largest absolute Gasteiger partial charge is 0.462 e. The number of nitrogens with one attached hydrogen (secondary N) is 1. The molecule has 94 valence electrons. The average Bonchev–Trinajstić information content (AvgIpc) is 2.64. The maximum atomic E-state index is 11.8. The average molecular weight is 320 g/mol. The summed E-state index contributed by atoms with van der Waals surface area (Å²) in [5.41, 5.74) is 0.391. The Morgan fingerprint density at radius 2 is 2.18 bits per heavy atom. The fraction of sp³-hybridized carbons (Fsp3) is 0.455. The van der Waals surface area contributed by atoms with E-state index < -0.39 is 10.3 Å². The van der Waals surface area contributed by atoms with Gasteiger partial charge in [-0.25, -0.2) is 4.79 Å². The molecular formula is C11H14BrNO3S. The van der Waals surface area contributed by atoms with Crippen LogP contribution in [0.25, 0.3) is 0 Å². The van der Waals surface area contributed by atoms with Crippen LogP contribution in [0.2, 0.25) is 0 Å². The Bertz CT molecular complexity index is 423. The summed E-state index contributed by atoms with van der Waals surface area (Å²) in [6.07, 6.45) is 0. The van der Waals surface area contributed by atoms with Gasteiger partial charge >= 0.3 is 5.97 Å². The Morgan fingerprint density at radius 1 is 1.53 bits per heavy atom. The minimum atomic E-state index is -0.678. The minimum Gasteiger partial charge on any atom is -0.462 e. The Hall–Kier alpha value is -0.880. The van der Waals surface area contributed by atoms with Gasteiger partial charge in [0, 0.05) is 0 Å². The molecule has 1 aromatic rings. The number of thiophene rings is 1. The molecule has 0 aliphatic rings. The van der Waals surface area contributed by atoms with Gasteiger partial charge < -0.3 is 10.1 Å². The number of carbonyl (C=O) groups is 2. The van der Waals surface area contributed by atoms with Gasteiger partial charge in [0.1, 0.15) is 5.00 Å². The van der Waals surface area contributed by atoms with Gasteiger partial charge in [-0.1, -0.05) is 15.9 Å². The molecule has 17 heavy (non-hydrogen) atoms. The molecule has 0 aliphatic carbocycles. The first kappa shape index (κ1) is 14.2. The summed E-state index contributed by atoms with van der Waals surface area (Å²) in [7, 11) is 0. The summed E-state index contributed by atoms with van der Waals surface area (Å²) in [6.45, 7) is 5.52. The van der Waals surface area contributed by atoms with Crippen LogP contribution < -0.4 is 5.32 Å². The van der Waals surface area contributed by atoms with Gasteiger partial charge in [0.15, 0.2) is 0 Å². The normalized spacial score (nSPS) is 11.1. The number of hydrogen-bond donors (Lipinski definition) is 1. The predicted octanol–water partition coefficient (Wildman–Crippen LogP) is 3.04. The third-order valence-corrected chi connectivity index (χ3v) is 3.12. The number of alkyl halides is 1. The predicted molar refractivity (Wildman–Crippen MR) is 71.9 cm³/mol. The molecule has 4 nitrogen and oxygen atoms in total. The van der Waals surface area contributed by atoms with E-state index in [1.165, 1.54) is 11.3 Å². The van der Waals surface area contributed by atoms with E-state index in [0.717, 1.165) is 0 Å². The number of halogens is 1. The van der Waals surface area contributed by atoms with E-state index in [9.17, 15) is 9.59 Å². The fourth-order valence-electron chi connectivity index (χ4n) is 1.03. The van der Waals surface area contributed by atoms with Crippen LogP contribution in [0, 0.1) is 0 Å². The SMILES string of the molecule is CCOC(=O)c1ccsc1NC(=O)C(C)(C)Br. The molecule has 6 heteroatoms. The van der Waals surface area contributed by atoms with Crippen LogP contribution in [0.4, 0.5) is 5.00 Å². The topological polar surface area (TPSA) is 55.4 Å². The molecule has 1 N–H and O–H groups in total. The molecule has 1 aromatic heterocycles. The van der Waals surface area contributed by atoms with Gasteiger partial charge in [0.25, 0.3) is 0 Å². The zero-order valence-electron chi connectivity index (χ0n) is 9.87. The van der Waals surface area contributed by atoms with Gasteiger partial charge in [-0.2, -0.15) is 0 Å². The molecular weight excluding hydrogens is 306 g/mol. The van der Waals surface area contributed by atoms with E-state index in [0.29, 0.717) is 17.2 Å². The Kier molecular flexibility index (Phi) is 4.70. The monoisotopic (exact) mass is 319 g/mol. The van der Waals surface area contributed by atoms with Crippen molar-refractivity contribution in [3.8, 4) is 0 Å². The highest BCUT2D eigenvalue weighted by molar-refractivity contribution is 9.10. The van der Waals surface area contributed by atoms with E-state index in [1.54, 1.807) is 32.2 Å². The summed E-state index contributed by atoms with van der Waals surface area (Å²) >= 11 is 4.55. The van der Waals surface area contributed by atoms with Crippen molar-refractivity contribution in [2.75, 3.05) is 11.9 Å². The molecule has 1 amide bonds. The van der Waals surface area contributed by atoms with Crippen molar-refractivity contribution in [3.63, 3.8) is 0 Å². The van der Waals surface area contributed by atoms with Crippen molar-refractivity contribution < 1.29 is 14.3 Å². The zero-order chi connectivity index (χ0) is 13.1. The minimum absolute atomic E-state index is 0.203. The van der Waals surface area contributed by atoms with Crippen molar-refractivity contribution in [1.29, 1.82) is 0 Å². The van der Waals surface area contributed by atoms with Crippen molar-refractivity contribution in [2.45, 2.75) is 25.1 Å². The Labute approximate surface area is 112 Å². The molecule has 0 spiro atoms. The Morgan fingerprint density at radius 3 is 2.71 bits per heavy atom. The molecule has 1 rings (SSSR count). The van der Waals surface area contributed by atoms with Crippen LogP contribution in [0.1, 0.15) is 31.1 Å². The van der Waals surface area contributed by atoms with Crippen LogP contribution >= 0.6 is 27.3 Å². The van der Waals surface area contributed by atoms with Crippen molar-refractivity contribution in [3.05, 3.63) is 17.0 Å². The van der Waals surface area contributed by atoms with Gasteiger partial charge in [-0.15, -0.1) is 11.3 Å². The second-order valence-electron chi connectivity index (χ2n) is 3.81. The molecule has 1 heterocycles. The quantitative estimate of drug-likeness (QED) is 0.685. The van der Waals surface area contributed by atoms with Crippen LogP contribution in [0.15, 0.2) is 11.4 Å². The summed E-state index contributed by atoms with van der Waals surface area (Å²) in [5, 5.41) is 4.96. The highest BCUT2D eigenvalue weighted by Crippen LogP contribution is 2.26. The maximum Gasteiger partial charge on any atom is 0.341 e. The van der Waals surface area contributed by atoms with E-state index in [4.69, 9.17) is 4.74 Å². The second kappa shape index (κ2) is 5.64. The lowest BCUT2D eigenvalue weighted by molar-refractivity contribution is -0.117. The molecule has 0 bridgehead atoms. The zero-order valence-corrected chi connectivity index (χ0v) is 12.3. The van der Waals surface area contributed by atoms with Crippen LogP contribution in [-0.2, 0) is 9.53 Å². The van der Waals surface area contributed by atoms with Crippen molar-refractivity contribution in [1.82, 2.24) is 0 Å². The molecule has 0 aliphatic heterocycles. The van der Waals surface area contributed by atoms with Gasteiger partial charge in [0.05, 0.1) is 16.5 Å². The van der Waals surface area contributed by atoms with E-state index >= 15 is 0 Å². The summed E-state index contributed by atoms with van der Waals surface area (Å²) in [6, 6.07) is 1.64. The van der Waals surface area contributed by atoms with Crippen LogP contribution in [0.3, 0.4) is 0 Å². The number of hydrogen-bond acceptors (Lipinski definition) is 4. The van der Waals surface area contributed by atoms with E-state index in [1.807, 2.05) is 0 Å². The number of anilines is 1. The lowest BCUT2D eigenvalue weighted by Crippen LogP contribution is -2.31. The summed E-state index contributed by atoms with van der Waals surface area (Å²) in [4.78, 5) is 23.3. The van der Waals surface area contributed by atoms with Gasteiger partial charge in [-0.3, -0.25) is 4.79 Å². The first-order chi connectivity index (χ1) is 7.86. The molecule has 0 fully saturated rings. The molecule has 0 radical (unpaired) electrons. The lowest BCUT2D eigenvalue weighted by Gasteiger charge is -2.15. The molecule has 0 aromatic carbocycles. The number of ether oxygens (including phenoxy) is 1. The lowest BCUT2D eigenvalue weighted by atomic mass is 10.2. The van der Waals surface area contributed by atoms with Gasteiger partial charge in [0.2, 0.25) is 5.91 Å². The standard InChI is InChI=1S/C11H14BrNO3S/c1-4-16-9(14)7-5-6-17-8(7)13-10(15)11(2,3)12/h5-6H,4H2,1-3H3,(H,13,15). The fourth-order valence-corrected chi connectivity index (χ4v) is 1.90. The Balaban J connectivity index is 2.83. The third kappa shape index (κ3) is 3.81. The van der Waals surface area contributed by atoms with Crippen molar-refractivity contribution >= 4 is 44.1 Å². The van der Waals surface area contributed by atoms with Crippen LogP contribution in [0.5, 0.6) is 0 Å². The summed E-state index contributed by atoms with van der Waals surface area (Å²) < 4.78 is 4.22. The third-order valence-electron chi connectivity index (χ3n) is 1.93. The van der Waals surface area contributed by atoms with E-state index in [-0.39, 0.29) is 5.91 Å². The second-order valence-corrected chi connectivity index (χ2v) is 6.71. The highest BCUT2D eigenvalue weighted by atomic mass is 79.9. The number of amides is 1. The summed E-state index contributed by atoms with van der Waals surface area (Å²) in [5.74, 6) is -0.623. The van der Waals surface area contributed by atoms with Crippen LogP contribution in [-0.4, -0.2) is 22.8 Å². The molecule has 0 saturated heterocycles. The number of carbonyl (C=O) groups excluding carboxylic acids is 2. The van der Waals surface area contributed by atoms with E-state index in [2.05, 4.69) is 21.2 Å². The number of rotatable bonds is 4. The maximum absolute atomic E-state index is 11.8. The first-order valence-corrected chi connectivity index (χ1v) is 6.78. The number of esters is 1. The smallest absolute Gasteiger partial charge is 0.341 e. The van der Waals surface area contributed by atoms with Gasteiger partial charge in [-0.05, 0) is 32.2 Å². The highest BCUT2D eigenvalue weighted by Gasteiger charge is 2.25.